The number of likely N-dealkylation sites (tertiary alicyclic amines) is 1. The van der Waals surface area contributed by atoms with Crippen molar-refractivity contribution in [2.24, 2.45) is 5.92 Å². The van der Waals surface area contributed by atoms with Crippen LogP contribution in [0.5, 0.6) is 5.75 Å². The third-order valence-corrected chi connectivity index (χ3v) is 5.20. The van der Waals surface area contributed by atoms with Crippen LogP contribution < -0.4 is 4.74 Å². The van der Waals surface area contributed by atoms with Crippen molar-refractivity contribution in [3.8, 4) is 5.75 Å². The summed E-state index contributed by atoms with van der Waals surface area (Å²) in [6.45, 7) is 2.99. The van der Waals surface area contributed by atoms with Crippen LogP contribution in [0.15, 0.2) is 28.7 Å². The van der Waals surface area contributed by atoms with Crippen LogP contribution in [-0.2, 0) is 9.59 Å². The SMILES string of the molecule is CN(C)C(=O)C1CCN(CC(=O)N(C)CCOc2ccc(Br)cc2)CC1. The second-order valence-corrected chi connectivity index (χ2v) is 7.82. The van der Waals surface area contributed by atoms with Crippen molar-refractivity contribution < 1.29 is 14.3 Å². The van der Waals surface area contributed by atoms with Crippen LogP contribution in [0, 0.1) is 5.92 Å². The van der Waals surface area contributed by atoms with Crippen LogP contribution in [0.1, 0.15) is 12.8 Å². The third-order valence-electron chi connectivity index (χ3n) is 4.67. The van der Waals surface area contributed by atoms with E-state index in [1.807, 2.05) is 24.3 Å². The summed E-state index contributed by atoms with van der Waals surface area (Å²) >= 11 is 3.39. The number of amides is 2. The summed E-state index contributed by atoms with van der Waals surface area (Å²) in [6.07, 6.45) is 1.64. The molecular formula is C19H28BrN3O3. The molecule has 0 spiro atoms. The molecule has 2 rings (SSSR count). The number of carbonyl (C=O) groups excluding carboxylic acids is 2. The van der Waals surface area contributed by atoms with Gasteiger partial charge in [-0.3, -0.25) is 14.5 Å². The molecular weight excluding hydrogens is 398 g/mol. The fourth-order valence-corrected chi connectivity index (χ4v) is 3.24. The van der Waals surface area contributed by atoms with E-state index in [4.69, 9.17) is 4.74 Å². The second-order valence-electron chi connectivity index (χ2n) is 6.90. The van der Waals surface area contributed by atoms with Crippen LogP contribution in [0.4, 0.5) is 0 Å². The summed E-state index contributed by atoms with van der Waals surface area (Å²) in [5.41, 5.74) is 0. The van der Waals surface area contributed by atoms with E-state index in [1.165, 1.54) is 0 Å². The summed E-state index contributed by atoms with van der Waals surface area (Å²) in [5, 5.41) is 0. The fraction of sp³-hybridized carbons (Fsp3) is 0.579. The van der Waals surface area contributed by atoms with Gasteiger partial charge in [-0.2, -0.15) is 0 Å². The van der Waals surface area contributed by atoms with Crippen molar-refractivity contribution in [1.82, 2.24) is 14.7 Å². The molecule has 1 aliphatic heterocycles. The van der Waals surface area contributed by atoms with Crippen molar-refractivity contribution in [1.29, 1.82) is 0 Å². The number of halogens is 1. The van der Waals surface area contributed by atoms with E-state index >= 15 is 0 Å². The quantitative estimate of drug-likeness (QED) is 0.670. The van der Waals surface area contributed by atoms with Gasteiger partial charge in [0, 0.05) is 31.5 Å². The van der Waals surface area contributed by atoms with Gasteiger partial charge in [0.05, 0.1) is 13.1 Å². The number of rotatable bonds is 7. The normalized spacial score (nSPS) is 15.5. The molecule has 144 valence electrons. The topological polar surface area (TPSA) is 53.1 Å². The molecule has 26 heavy (non-hydrogen) atoms. The Balaban J connectivity index is 1.67. The van der Waals surface area contributed by atoms with Crippen LogP contribution in [0.2, 0.25) is 0 Å². The Hall–Kier alpha value is -1.60. The Kier molecular flexibility index (Phi) is 7.90. The molecule has 0 N–H and O–H groups in total. The molecule has 0 aliphatic carbocycles. The van der Waals surface area contributed by atoms with E-state index in [-0.39, 0.29) is 17.7 Å². The highest BCUT2D eigenvalue weighted by Gasteiger charge is 2.27. The minimum absolute atomic E-state index is 0.0850. The average Bonchev–Trinajstić information content (AvgIpc) is 2.63. The zero-order chi connectivity index (χ0) is 19.1. The minimum Gasteiger partial charge on any atom is -0.492 e. The van der Waals surface area contributed by atoms with Crippen molar-refractivity contribution in [3.05, 3.63) is 28.7 Å². The van der Waals surface area contributed by atoms with Gasteiger partial charge in [0.15, 0.2) is 0 Å². The maximum absolute atomic E-state index is 12.4. The predicted molar refractivity (Wildman–Crippen MR) is 105 cm³/mol. The maximum Gasteiger partial charge on any atom is 0.236 e. The molecule has 1 aromatic carbocycles. The Morgan fingerprint density at radius 3 is 2.35 bits per heavy atom. The lowest BCUT2D eigenvalue weighted by atomic mass is 9.95. The fourth-order valence-electron chi connectivity index (χ4n) is 2.97. The molecule has 0 bridgehead atoms. The Labute approximate surface area is 164 Å². The molecule has 0 unspecified atom stereocenters. The van der Waals surface area contributed by atoms with E-state index in [1.54, 1.807) is 30.9 Å². The highest BCUT2D eigenvalue weighted by atomic mass is 79.9. The van der Waals surface area contributed by atoms with Gasteiger partial charge >= 0.3 is 0 Å². The van der Waals surface area contributed by atoms with Gasteiger partial charge in [-0.05, 0) is 50.2 Å². The lowest BCUT2D eigenvalue weighted by Crippen LogP contribution is -2.45. The number of hydrogen-bond donors (Lipinski definition) is 0. The molecule has 0 radical (unpaired) electrons. The number of hydrogen-bond acceptors (Lipinski definition) is 4. The summed E-state index contributed by atoms with van der Waals surface area (Å²) in [5.74, 6) is 1.16. The van der Waals surface area contributed by atoms with Crippen LogP contribution >= 0.6 is 15.9 Å². The first-order chi connectivity index (χ1) is 12.4. The largest absolute Gasteiger partial charge is 0.492 e. The zero-order valence-electron chi connectivity index (χ0n) is 15.8. The van der Waals surface area contributed by atoms with Crippen LogP contribution in [0.25, 0.3) is 0 Å². The summed E-state index contributed by atoms with van der Waals surface area (Å²) in [7, 11) is 5.39. The monoisotopic (exact) mass is 425 g/mol. The van der Waals surface area contributed by atoms with Gasteiger partial charge < -0.3 is 14.5 Å². The molecule has 1 saturated heterocycles. The maximum atomic E-state index is 12.4. The second kappa shape index (κ2) is 9.92. The number of ether oxygens (including phenoxy) is 1. The van der Waals surface area contributed by atoms with Gasteiger partial charge in [0.2, 0.25) is 11.8 Å². The highest BCUT2D eigenvalue weighted by Crippen LogP contribution is 2.19. The Morgan fingerprint density at radius 2 is 1.77 bits per heavy atom. The van der Waals surface area contributed by atoms with Crippen molar-refractivity contribution in [2.75, 3.05) is 53.9 Å². The molecule has 0 atom stereocenters. The van der Waals surface area contributed by atoms with Crippen molar-refractivity contribution in [3.63, 3.8) is 0 Å². The average molecular weight is 426 g/mol. The van der Waals surface area contributed by atoms with Gasteiger partial charge in [-0.15, -0.1) is 0 Å². The van der Waals surface area contributed by atoms with Crippen LogP contribution in [-0.4, -0.2) is 80.4 Å². The van der Waals surface area contributed by atoms with E-state index < -0.39 is 0 Å². The molecule has 1 aromatic rings. The lowest BCUT2D eigenvalue weighted by molar-refractivity contribution is -0.135. The lowest BCUT2D eigenvalue weighted by Gasteiger charge is -2.32. The van der Waals surface area contributed by atoms with E-state index in [2.05, 4.69) is 20.8 Å². The molecule has 0 saturated carbocycles. The molecule has 7 heteroatoms. The first-order valence-electron chi connectivity index (χ1n) is 8.92. The Morgan fingerprint density at radius 1 is 1.15 bits per heavy atom. The standard InChI is InChI=1S/C19H28BrN3O3/c1-21(2)19(25)15-8-10-23(11-9-15)14-18(24)22(3)12-13-26-17-6-4-16(20)5-7-17/h4-7,15H,8-14H2,1-3H3. The smallest absolute Gasteiger partial charge is 0.236 e. The molecule has 0 aromatic heterocycles. The molecule has 1 heterocycles. The van der Waals surface area contributed by atoms with Crippen molar-refractivity contribution >= 4 is 27.7 Å². The van der Waals surface area contributed by atoms with Gasteiger partial charge in [-0.1, -0.05) is 15.9 Å². The highest BCUT2D eigenvalue weighted by molar-refractivity contribution is 9.10. The number of nitrogens with zero attached hydrogens (tertiary/aromatic N) is 3. The molecule has 6 nitrogen and oxygen atoms in total. The van der Waals surface area contributed by atoms with Gasteiger partial charge in [0.25, 0.3) is 0 Å². The van der Waals surface area contributed by atoms with Crippen LogP contribution in [0.3, 0.4) is 0 Å². The van der Waals surface area contributed by atoms with E-state index in [0.717, 1.165) is 36.2 Å². The predicted octanol–water partition coefficient (Wildman–Crippen LogP) is 2.09. The molecule has 1 aliphatic rings. The van der Waals surface area contributed by atoms with E-state index in [0.29, 0.717) is 19.7 Å². The number of piperidine rings is 1. The first-order valence-corrected chi connectivity index (χ1v) is 9.72. The number of carbonyl (C=O) groups is 2. The van der Waals surface area contributed by atoms with Crippen molar-refractivity contribution in [2.45, 2.75) is 12.8 Å². The first kappa shape index (κ1) is 20.7. The van der Waals surface area contributed by atoms with E-state index in [9.17, 15) is 9.59 Å². The number of benzene rings is 1. The third kappa shape index (κ3) is 6.29. The molecule has 2 amide bonds. The van der Waals surface area contributed by atoms with Gasteiger partial charge in [0.1, 0.15) is 12.4 Å². The summed E-state index contributed by atoms with van der Waals surface area (Å²) in [6, 6.07) is 7.64. The minimum atomic E-state index is 0.0850. The molecule has 1 fully saturated rings. The summed E-state index contributed by atoms with van der Waals surface area (Å²) < 4.78 is 6.67. The number of likely N-dealkylation sites (N-methyl/N-ethyl adjacent to an activating group) is 1. The zero-order valence-corrected chi connectivity index (χ0v) is 17.4. The van der Waals surface area contributed by atoms with Gasteiger partial charge in [-0.25, -0.2) is 0 Å². The Bertz CT molecular complexity index is 599. The summed E-state index contributed by atoms with van der Waals surface area (Å²) in [4.78, 5) is 29.9.